The number of carbonyl (C=O) groups is 2. The third-order valence-corrected chi connectivity index (χ3v) is 3.75. The molecular weight excluding hydrogens is 400 g/mol. The minimum Gasteiger partial charge on any atom is -0.482 e. The van der Waals surface area contributed by atoms with Crippen LogP contribution in [0.1, 0.15) is 11.7 Å². The lowest BCUT2D eigenvalue weighted by Crippen LogP contribution is -2.24. The summed E-state index contributed by atoms with van der Waals surface area (Å²) < 4.78 is 16.1. The molecule has 0 spiro atoms. The quantitative estimate of drug-likeness (QED) is 0.671. The number of halogens is 2. The molecule has 2 aromatic carbocycles. The summed E-state index contributed by atoms with van der Waals surface area (Å²) in [6, 6.07) is 13.4. The van der Waals surface area contributed by atoms with Gasteiger partial charge in [0.05, 0.1) is 7.11 Å². The normalized spacial score (nSPS) is 11.5. The second-order valence-corrected chi connectivity index (χ2v) is 6.04. The minimum absolute atomic E-state index is 0.338. The molecule has 0 radical (unpaired) electrons. The van der Waals surface area contributed by atoms with Gasteiger partial charge in [0.1, 0.15) is 5.75 Å². The second kappa shape index (κ2) is 8.70. The number of benzene rings is 2. The molecule has 0 saturated carbocycles. The number of ether oxygens (including phenoxy) is 3. The summed E-state index contributed by atoms with van der Waals surface area (Å²) in [7, 11) is 1.21. The Bertz CT molecular complexity index is 717. The highest BCUT2D eigenvalue weighted by molar-refractivity contribution is 9.10. The molecule has 2 aromatic rings. The Labute approximate surface area is 152 Å². The fraction of sp³-hybridized carbons (Fsp3) is 0.176. The van der Waals surface area contributed by atoms with E-state index in [9.17, 15) is 9.59 Å². The van der Waals surface area contributed by atoms with Crippen LogP contribution in [-0.4, -0.2) is 25.7 Å². The zero-order chi connectivity index (χ0) is 17.5. The van der Waals surface area contributed by atoms with E-state index in [1.165, 1.54) is 13.2 Å². The monoisotopic (exact) mass is 412 g/mol. The SMILES string of the molecule is COC(=O)C(OC(=O)COc1ccc(Br)cc1)c1cccc(Cl)c1. The molecule has 5 nitrogen and oxygen atoms in total. The Morgan fingerprint density at radius 1 is 1.17 bits per heavy atom. The van der Waals surface area contributed by atoms with Crippen molar-refractivity contribution >= 4 is 39.5 Å². The molecule has 0 fully saturated rings. The van der Waals surface area contributed by atoms with Crippen molar-refractivity contribution in [3.05, 3.63) is 63.6 Å². The minimum atomic E-state index is -1.20. The van der Waals surface area contributed by atoms with Crippen molar-refractivity contribution in [2.24, 2.45) is 0 Å². The highest BCUT2D eigenvalue weighted by atomic mass is 79.9. The fourth-order valence-corrected chi connectivity index (χ4v) is 2.33. The lowest BCUT2D eigenvalue weighted by Gasteiger charge is -2.16. The Hall–Kier alpha value is -2.05. The molecule has 2 rings (SSSR count). The number of hydrogen-bond acceptors (Lipinski definition) is 5. The van der Waals surface area contributed by atoms with E-state index in [1.807, 2.05) is 0 Å². The first-order valence-corrected chi connectivity index (χ1v) is 8.08. The largest absolute Gasteiger partial charge is 0.482 e. The topological polar surface area (TPSA) is 61.8 Å². The van der Waals surface area contributed by atoms with Crippen LogP contribution in [0.2, 0.25) is 5.02 Å². The van der Waals surface area contributed by atoms with Gasteiger partial charge in [0, 0.05) is 15.1 Å². The Balaban J connectivity index is 2.02. The van der Waals surface area contributed by atoms with E-state index in [4.69, 9.17) is 21.1 Å². The molecule has 24 heavy (non-hydrogen) atoms. The van der Waals surface area contributed by atoms with Crippen molar-refractivity contribution < 1.29 is 23.8 Å². The van der Waals surface area contributed by atoms with Gasteiger partial charge in [-0.05, 0) is 36.4 Å². The molecular formula is C17H14BrClO5. The summed E-state index contributed by atoms with van der Waals surface area (Å²) in [4.78, 5) is 23.9. The van der Waals surface area contributed by atoms with Gasteiger partial charge in [-0.15, -0.1) is 0 Å². The molecule has 0 N–H and O–H groups in total. The van der Waals surface area contributed by atoms with Crippen molar-refractivity contribution in [1.29, 1.82) is 0 Å². The maximum absolute atomic E-state index is 12.0. The predicted molar refractivity (Wildman–Crippen MR) is 91.9 cm³/mol. The van der Waals surface area contributed by atoms with Gasteiger partial charge in [0.25, 0.3) is 0 Å². The first kappa shape index (κ1) is 18.3. The number of hydrogen-bond donors (Lipinski definition) is 0. The third kappa shape index (κ3) is 5.25. The second-order valence-electron chi connectivity index (χ2n) is 4.69. The number of methoxy groups -OCH3 is 1. The van der Waals surface area contributed by atoms with Crippen LogP contribution >= 0.6 is 27.5 Å². The van der Waals surface area contributed by atoms with Crippen molar-refractivity contribution in [2.75, 3.05) is 13.7 Å². The van der Waals surface area contributed by atoms with Crippen LogP contribution in [-0.2, 0) is 19.1 Å². The van der Waals surface area contributed by atoms with Crippen LogP contribution in [0.5, 0.6) is 5.75 Å². The zero-order valence-electron chi connectivity index (χ0n) is 12.7. The molecule has 0 bridgehead atoms. The third-order valence-electron chi connectivity index (χ3n) is 2.99. The molecule has 0 heterocycles. The van der Waals surface area contributed by atoms with E-state index in [0.717, 1.165) is 4.47 Å². The van der Waals surface area contributed by atoms with Crippen molar-refractivity contribution in [2.45, 2.75) is 6.10 Å². The summed E-state index contributed by atoms with van der Waals surface area (Å²) in [5, 5.41) is 0.420. The average molecular weight is 414 g/mol. The van der Waals surface area contributed by atoms with Crippen molar-refractivity contribution in [3.63, 3.8) is 0 Å². The summed E-state index contributed by atoms with van der Waals surface area (Å²) >= 11 is 9.21. The van der Waals surface area contributed by atoms with E-state index in [2.05, 4.69) is 20.7 Å². The summed E-state index contributed by atoms with van der Waals surface area (Å²) in [6.07, 6.45) is -1.20. The first-order chi connectivity index (χ1) is 11.5. The van der Waals surface area contributed by atoms with Gasteiger partial charge in [-0.3, -0.25) is 0 Å². The van der Waals surface area contributed by atoms with Crippen LogP contribution < -0.4 is 4.74 Å². The standard InChI is InChI=1S/C17H14BrClO5/c1-22-17(21)16(11-3-2-4-13(19)9-11)24-15(20)10-23-14-7-5-12(18)6-8-14/h2-9,16H,10H2,1H3. The molecule has 0 aliphatic heterocycles. The molecule has 1 unspecified atom stereocenters. The van der Waals surface area contributed by atoms with Gasteiger partial charge >= 0.3 is 11.9 Å². The van der Waals surface area contributed by atoms with E-state index >= 15 is 0 Å². The molecule has 0 aromatic heterocycles. The smallest absolute Gasteiger partial charge is 0.351 e. The average Bonchev–Trinajstić information content (AvgIpc) is 2.58. The van der Waals surface area contributed by atoms with Crippen LogP contribution in [0.25, 0.3) is 0 Å². The van der Waals surface area contributed by atoms with E-state index in [1.54, 1.807) is 42.5 Å². The van der Waals surface area contributed by atoms with Gasteiger partial charge in [-0.1, -0.05) is 39.7 Å². The molecule has 0 saturated heterocycles. The van der Waals surface area contributed by atoms with Crippen LogP contribution in [0.15, 0.2) is 53.0 Å². The van der Waals surface area contributed by atoms with Crippen molar-refractivity contribution in [1.82, 2.24) is 0 Å². The van der Waals surface area contributed by atoms with Crippen molar-refractivity contribution in [3.8, 4) is 5.75 Å². The fourth-order valence-electron chi connectivity index (χ4n) is 1.87. The number of rotatable bonds is 6. The number of esters is 2. The highest BCUT2D eigenvalue weighted by Gasteiger charge is 2.26. The lowest BCUT2D eigenvalue weighted by atomic mass is 10.1. The molecule has 126 valence electrons. The van der Waals surface area contributed by atoms with Crippen LogP contribution in [0.3, 0.4) is 0 Å². The highest BCUT2D eigenvalue weighted by Crippen LogP contribution is 2.23. The summed E-state index contributed by atoms with van der Waals surface area (Å²) in [5.74, 6) is -0.893. The van der Waals surface area contributed by atoms with E-state index < -0.39 is 18.0 Å². The Morgan fingerprint density at radius 3 is 2.50 bits per heavy atom. The molecule has 0 aliphatic carbocycles. The van der Waals surface area contributed by atoms with E-state index in [0.29, 0.717) is 16.3 Å². The predicted octanol–water partition coefficient (Wildman–Crippen LogP) is 3.94. The summed E-state index contributed by atoms with van der Waals surface area (Å²) in [5.41, 5.74) is 0.423. The van der Waals surface area contributed by atoms with Gasteiger partial charge in [0.15, 0.2) is 6.61 Å². The Morgan fingerprint density at radius 2 is 1.88 bits per heavy atom. The first-order valence-electron chi connectivity index (χ1n) is 6.90. The van der Waals surface area contributed by atoms with Gasteiger partial charge in [0.2, 0.25) is 6.10 Å². The van der Waals surface area contributed by atoms with Gasteiger partial charge < -0.3 is 14.2 Å². The maximum Gasteiger partial charge on any atom is 0.351 e. The molecule has 1 atom stereocenters. The number of carbonyl (C=O) groups excluding carboxylic acids is 2. The molecule has 0 amide bonds. The van der Waals surface area contributed by atoms with E-state index in [-0.39, 0.29) is 6.61 Å². The molecule has 0 aliphatic rings. The maximum atomic E-state index is 12.0. The van der Waals surface area contributed by atoms with Gasteiger partial charge in [-0.2, -0.15) is 0 Å². The zero-order valence-corrected chi connectivity index (χ0v) is 15.0. The molecule has 7 heteroatoms. The lowest BCUT2D eigenvalue weighted by molar-refractivity contribution is -0.167. The van der Waals surface area contributed by atoms with Crippen LogP contribution in [0, 0.1) is 0 Å². The van der Waals surface area contributed by atoms with Crippen LogP contribution in [0.4, 0.5) is 0 Å². The van der Waals surface area contributed by atoms with Gasteiger partial charge in [-0.25, -0.2) is 9.59 Å². The summed E-state index contributed by atoms with van der Waals surface area (Å²) in [6.45, 7) is -0.338. The Kier molecular flexibility index (Phi) is 6.63.